The Morgan fingerprint density at radius 1 is 0.895 bits per heavy atom. The van der Waals surface area contributed by atoms with Crippen molar-refractivity contribution in [2.75, 3.05) is 13.2 Å². The SMILES string of the molecule is NCc1cccc(OCCOc2ccc(F)cc2)c1. The summed E-state index contributed by atoms with van der Waals surface area (Å²) in [4.78, 5) is 0. The molecule has 0 heterocycles. The summed E-state index contributed by atoms with van der Waals surface area (Å²) in [5.41, 5.74) is 6.58. The third kappa shape index (κ3) is 4.26. The van der Waals surface area contributed by atoms with Crippen LogP contribution in [0.2, 0.25) is 0 Å². The molecule has 0 saturated heterocycles. The minimum atomic E-state index is -0.276. The summed E-state index contributed by atoms with van der Waals surface area (Å²) < 4.78 is 23.6. The third-order valence-corrected chi connectivity index (χ3v) is 2.57. The second-order valence-corrected chi connectivity index (χ2v) is 4.00. The smallest absolute Gasteiger partial charge is 0.123 e. The molecule has 0 aliphatic heterocycles. The summed E-state index contributed by atoms with van der Waals surface area (Å²) >= 11 is 0. The quantitative estimate of drug-likeness (QED) is 0.813. The van der Waals surface area contributed by atoms with Crippen LogP contribution in [0.3, 0.4) is 0 Å². The average molecular weight is 261 g/mol. The van der Waals surface area contributed by atoms with E-state index in [9.17, 15) is 4.39 Å². The Kier molecular flexibility index (Phi) is 4.75. The number of hydrogen-bond acceptors (Lipinski definition) is 3. The van der Waals surface area contributed by atoms with Gasteiger partial charge in [0.05, 0.1) is 0 Å². The monoisotopic (exact) mass is 261 g/mol. The molecule has 0 aromatic heterocycles. The van der Waals surface area contributed by atoms with Gasteiger partial charge in [0.1, 0.15) is 30.5 Å². The minimum Gasteiger partial charge on any atom is -0.490 e. The van der Waals surface area contributed by atoms with E-state index >= 15 is 0 Å². The Morgan fingerprint density at radius 2 is 1.58 bits per heavy atom. The first-order valence-corrected chi connectivity index (χ1v) is 6.08. The summed E-state index contributed by atoms with van der Waals surface area (Å²) in [6.45, 7) is 1.31. The maximum Gasteiger partial charge on any atom is 0.123 e. The van der Waals surface area contributed by atoms with Crippen molar-refractivity contribution in [2.24, 2.45) is 5.73 Å². The van der Waals surface area contributed by atoms with Crippen LogP contribution in [0.1, 0.15) is 5.56 Å². The Hall–Kier alpha value is -2.07. The van der Waals surface area contributed by atoms with Crippen LogP contribution in [-0.4, -0.2) is 13.2 Å². The topological polar surface area (TPSA) is 44.5 Å². The zero-order valence-corrected chi connectivity index (χ0v) is 10.5. The van der Waals surface area contributed by atoms with E-state index in [1.165, 1.54) is 12.1 Å². The highest BCUT2D eigenvalue weighted by Gasteiger charge is 1.97. The molecule has 0 aliphatic rings. The van der Waals surface area contributed by atoms with Crippen molar-refractivity contribution in [1.29, 1.82) is 0 Å². The molecule has 19 heavy (non-hydrogen) atoms. The molecule has 2 rings (SSSR count). The first-order valence-electron chi connectivity index (χ1n) is 6.08. The van der Waals surface area contributed by atoms with Gasteiger partial charge >= 0.3 is 0 Å². The van der Waals surface area contributed by atoms with Crippen molar-refractivity contribution in [3.63, 3.8) is 0 Å². The highest BCUT2D eigenvalue weighted by atomic mass is 19.1. The first-order chi connectivity index (χ1) is 9.28. The summed E-state index contributed by atoms with van der Waals surface area (Å²) in [5.74, 6) is 1.12. The van der Waals surface area contributed by atoms with Crippen molar-refractivity contribution in [3.05, 3.63) is 59.9 Å². The van der Waals surface area contributed by atoms with Crippen LogP contribution in [0, 0.1) is 5.82 Å². The largest absolute Gasteiger partial charge is 0.490 e. The second kappa shape index (κ2) is 6.75. The number of rotatable bonds is 6. The lowest BCUT2D eigenvalue weighted by atomic mass is 10.2. The number of hydrogen-bond donors (Lipinski definition) is 1. The molecular weight excluding hydrogens is 245 g/mol. The van der Waals surface area contributed by atoms with Crippen LogP contribution in [0.25, 0.3) is 0 Å². The van der Waals surface area contributed by atoms with E-state index in [0.29, 0.717) is 25.5 Å². The average Bonchev–Trinajstić information content (AvgIpc) is 2.46. The van der Waals surface area contributed by atoms with E-state index in [1.54, 1.807) is 12.1 Å². The van der Waals surface area contributed by atoms with Crippen LogP contribution < -0.4 is 15.2 Å². The molecule has 0 spiro atoms. The molecule has 0 amide bonds. The Labute approximate surface area is 111 Å². The third-order valence-electron chi connectivity index (χ3n) is 2.57. The molecule has 0 atom stereocenters. The maximum atomic E-state index is 12.7. The molecule has 2 aromatic rings. The van der Waals surface area contributed by atoms with E-state index in [-0.39, 0.29) is 5.82 Å². The van der Waals surface area contributed by atoms with E-state index in [0.717, 1.165) is 11.3 Å². The van der Waals surface area contributed by atoms with Gasteiger partial charge in [-0.05, 0) is 42.0 Å². The maximum absolute atomic E-state index is 12.7. The standard InChI is InChI=1S/C15H16FNO2/c16-13-4-6-14(7-5-13)18-8-9-19-15-3-1-2-12(10-15)11-17/h1-7,10H,8-9,11,17H2. The summed E-state index contributed by atoms with van der Waals surface area (Å²) in [6.07, 6.45) is 0. The predicted octanol–water partition coefficient (Wildman–Crippen LogP) is 2.74. The molecule has 0 aliphatic carbocycles. The van der Waals surface area contributed by atoms with Gasteiger partial charge in [0.15, 0.2) is 0 Å². The molecular formula is C15H16FNO2. The lowest BCUT2D eigenvalue weighted by molar-refractivity contribution is 0.217. The van der Waals surface area contributed by atoms with Crippen LogP contribution >= 0.6 is 0 Å². The normalized spacial score (nSPS) is 10.2. The first kappa shape index (κ1) is 13.4. The van der Waals surface area contributed by atoms with Gasteiger partial charge in [0, 0.05) is 6.54 Å². The van der Waals surface area contributed by atoms with Crippen LogP contribution in [-0.2, 0) is 6.54 Å². The van der Waals surface area contributed by atoms with Gasteiger partial charge in [-0.25, -0.2) is 4.39 Å². The molecule has 100 valence electrons. The Balaban J connectivity index is 1.75. The van der Waals surface area contributed by atoms with Gasteiger partial charge in [-0.15, -0.1) is 0 Å². The zero-order chi connectivity index (χ0) is 13.5. The molecule has 4 heteroatoms. The Bertz CT molecular complexity index is 514. The van der Waals surface area contributed by atoms with Crippen LogP contribution in [0.5, 0.6) is 11.5 Å². The van der Waals surface area contributed by atoms with E-state index < -0.39 is 0 Å². The number of benzene rings is 2. The molecule has 0 saturated carbocycles. The van der Waals surface area contributed by atoms with E-state index in [4.69, 9.17) is 15.2 Å². The molecule has 0 fully saturated rings. The van der Waals surface area contributed by atoms with E-state index in [1.807, 2.05) is 24.3 Å². The zero-order valence-electron chi connectivity index (χ0n) is 10.5. The van der Waals surface area contributed by atoms with Gasteiger partial charge in [-0.1, -0.05) is 12.1 Å². The van der Waals surface area contributed by atoms with Crippen LogP contribution in [0.4, 0.5) is 4.39 Å². The fourth-order valence-corrected chi connectivity index (χ4v) is 1.61. The number of ether oxygens (including phenoxy) is 2. The molecule has 2 aromatic carbocycles. The fourth-order valence-electron chi connectivity index (χ4n) is 1.61. The fraction of sp³-hybridized carbons (Fsp3) is 0.200. The molecule has 0 unspecified atom stereocenters. The summed E-state index contributed by atoms with van der Waals surface area (Å²) in [5, 5.41) is 0. The molecule has 3 nitrogen and oxygen atoms in total. The highest BCUT2D eigenvalue weighted by Crippen LogP contribution is 2.13. The van der Waals surface area contributed by atoms with Gasteiger partial charge < -0.3 is 15.2 Å². The predicted molar refractivity (Wildman–Crippen MR) is 71.7 cm³/mol. The van der Waals surface area contributed by atoms with Crippen LogP contribution in [0.15, 0.2) is 48.5 Å². The molecule has 0 radical (unpaired) electrons. The molecule has 0 bridgehead atoms. The Morgan fingerprint density at radius 3 is 2.26 bits per heavy atom. The highest BCUT2D eigenvalue weighted by molar-refractivity contribution is 5.28. The van der Waals surface area contributed by atoms with Crippen molar-refractivity contribution >= 4 is 0 Å². The summed E-state index contributed by atoms with van der Waals surface area (Å²) in [6, 6.07) is 13.5. The van der Waals surface area contributed by atoms with Crippen molar-refractivity contribution in [3.8, 4) is 11.5 Å². The van der Waals surface area contributed by atoms with Crippen molar-refractivity contribution in [2.45, 2.75) is 6.54 Å². The van der Waals surface area contributed by atoms with Gasteiger partial charge in [0.25, 0.3) is 0 Å². The van der Waals surface area contributed by atoms with Crippen molar-refractivity contribution in [1.82, 2.24) is 0 Å². The van der Waals surface area contributed by atoms with Gasteiger partial charge in [0.2, 0.25) is 0 Å². The molecule has 2 N–H and O–H groups in total. The second-order valence-electron chi connectivity index (χ2n) is 4.00. The lowest BCUT2D eigenvalue weighted by Crippen LogP contribution is -2.09. The summed E-state index contributed by atoms with van der Waals surface area (Å²) in [7, 11) is 0. The van der Waals surface area contributed by atoms with Gasteiger partial charge in [-0.2, -0.15) is 0 Å². The van der Waals surface area contributed by atoms with Gasteiger partial charge in [-0.3, -0.25) is 0 Å². The number of nitrogens with two attached hydrogens (primary N) is 1. The lowest BCUT2D eigenvalue weighted by Gasteiger charge is -2.09. The van der Waals surface area contributed by atoms with E-state index in [2.05, 4.69) is 0 Å². The number of halogens is 1. The minimum absolute atomic E-state index is 0.276. The van der Waals surface area contributed by atoms with Crippen molar-refractivity contribution < 1.29 is 13.9 Å².